The van der Waals surface area contributed by atoms with E-state index in [1.54, 1.807) is 0 Å². The van der Waals surface area contributed by atoms with Gasteiger partial charge < -0.3 is 10.2 Å². The monoisotopic (exact) mass is 268 g/mol. The molecule has 0 amide bonds. The van der Waals surface area contributed by atoms with Gasteiger partial charge in [0.15, 0.2) is 5.82 Å². The minimum Gasteiger partial charge on any atom is -0.328 e. The van der Waals surface area contributed by atoms with E-state index in [4.69, 9.17) is 0 Å². The van der Waals surface area contributed by atoms with Crippen molar-refractivity contribution in [3.8, 4) is 0 Å². The van der Waals surface area contributed by atoms with E-state index in [0.717, 1.165) is 23.7 Å². The van der Waals surface area contributed by atoms with E-state index in [1.165, 1.54) is 18.4 Å². The fraction of sp³-hybridized carbons (Fsp3) is 0.375. The highest BCUT2D eigenvalue weighted by molar-refractivity contribution is 5.58. The molecule has 2 aromatic rings. The number of anilines is 2. The summed E-state index contributed by atoms with van der Waals surface area (Å²) in [6.07, 6.45) is 6.28. The van der Waals surface area contributed by atoms with E-state index in [0.29, 0.717) is 6.04 Å². The number of nitrogens with one attached hydrogen (secondary N) is 1. The molecular weight excluding hydrogens is 248 g/mol. The van der Waals surface area contributed by atoms with Crippen molar-refractivity contribution in [3.05, 3.63) is 47.9 Å². The van der Waals surface area contributed by atoms with Crippen molar-refractivity contribution >= 4 is 11.5 Å². The highest BCUT2D eigenvalue weighted by atomic mass is 15.2. The Bertz CT molecular complexity index is 575. The molecule has 1 heterocycles. The van der Waals surface area contributed by atoms with Gasteiger partial charge in [-0.15, -0.1) is 0 Å². The van der Waals surface area contributed by atoms with Crippen molar-refractivity contribution in [1.82, 2.24) is 15.3 Å². The molecule has 4 heteroatoms. The van der Waals surface area contributed by atoms with Crippen LogP contribution in [0.1, 0.15) is 24.1 Å². The molecular formula is C16H20N4. The van der Waals surface area contributed by atoms with Crippen molar-refractivity contribution in [2.75, 3.05) is 11.9 Å². The summed E-state index contributed by atoms with van der Waals surface area (Å²) < 4.78 is 0. The van der Waals surface area contributed by atoms with Gasteiger partial charge in [-0.25, -0.2) is 4.98 Å². The van der Waals surface area contributed by atoms with Crippen LogP contribution in [0.3, 0.4) is 0 Å². The predicted molar refractivity (Wildman–Crippen MR) is 81.1 cm³/mol. The number of hydrogen-bond donors (Lipinski definition) is 1. The highest BCUT2D eigenvalue weighted by Crippen LogP contribution is 2.22. The van der Waals surface area contributed by atoms with Gasteiger partial charge in [0.25, 0.3) is 0 Å². The zero-order valence-corrected chi connectivity index (χ0v) is 12.0. The summed E-state index contributed by atoms with van der Waals surface area (Å²) in [5.41, 5.74) is 3.37. The molecule has 3 rings (SSSR count). The van der Waals surface area contributed by atoms with Crippen LogP contribution in [-0.2, 0) is 6.54 Å². The van der Waals surface area contributed by atoms with Crippen LogP contribution in [0.2, 0.25) is 0 Å². The maximum Gasteiger partial charge on any atom is 0.151 e. The minimum atomic E-state index is 0.700. The number of benzene rings is 1. The second kappa shape index (κ2) is 5.59. The molecule has 1 aromatic heterocycles. The molecule has 0 bridgehead atoms. The molecule has 20 heavy (non-hydrogen) atoms. The molecule has 1 aliphatic rings. The van der Waals surface area contributed by atoms with Gasteiger partial charge in [0, 0.05) is 25.3 Å². The average Bonchev–Trinajstić information content (AvgIpc) is 3.29. The Balaban J connectivity index is 1.69. The van der Waals surface area contributed by atoms with E-state index in [1.807, 2.05) is 19.4 Å². The van der Waals surface area contributed by atoms with Gasteiger partial charge in [0.05, 0.1) is 18.1 Å². The first-order chi connectivity index (χ1) is 9.72. The first kappa shape index (κ1) is 13.1. The summed E-state index contributed by atoms with van der Waals surface area (Å²) >= 11 is 0. The van der Waals surface area contributed by atoms with Gasteiger partial charge in [-0.3, -0.25) is 4.98 Å². The van der Waals surface area contributed by atoms with Crippen LogP contribution in [0.4, 0.5) is 11.5 Å². The summed E-state index contributed by atoms with van der Waals surface area (Å²) in [5.74, 6) is 0.866. The van der Waals surface area contributed by atoms with Crippen LogP contribution in [0.25, 0.3) is 0 Å². The SMILES string of the molecule is Cc1cccc(N(C)c2cnc(CNC3CC3)cn2)c1. The minimum absolute atomic E-state index is 0.700. The van der Waals surface area contributed by atoms with Crippen molar-refractivity contribution in [2.45, 2.75) is 32.4 Å². The number of aromatic nitrogens is 2. The first-order valence-electron chi connectivity index (χ1n) is 7.07. The molecule has 0 spiro atoms. The summed E-state index contributed by atoms with van der Waals surface area (Å²) in [5, 5.41) is 3.44. The molecule has 0 atom stereocenters. The molecule has 104 valence electrons. The molecule has 0 unspecified atom stereocenters. The molecule has 1 saturated carbocycles. The zero-order chi connectivity index (χ0) is 13.9. The Labute approximate surface area is 119 Å². The molecule has 1 aliphatic carbocycles. The van der Waals surface area contributed by atoms with E-state index in [9.17, 15) is 0 Å². The Morgan fingerprint density at radius 1 is 1.25 bits per heavy atom. The van der Waals surface area contributed by atoms with Crippen LogP contribution in [-0.4, -0.2) is 23.1 Å². The van der Waals surface area contributed by atoms with Crippen molar-refractivity contribution in [2.24, 2.45) is 0 Å². The maximum absolute atomic E-state index is 4.51. The van der Waals surface area contributed by atoms with Crippen LogP contribution in [0.5, 0.6) is 0 Å². The fourth-order valence-corrected chi connectivity index (χ4v) is 2.12. The molecule has 0 radical (unpaired) electrons. The molecule has 1 fully saturated rings. The van der Waals surface area contributed by atoms with Gasteiger partial charge >= 0.3 is 0 Å². The number of nitrogens with zero attached hydrogens (tertiary/aromatic N) is 3. The summed E-state index contributed by atoms with van der Waals surface area (Å²) in [7, 11) is 2.01. The molecule has 0 aliphatic heterocycles. The maximum atomic E-state index is 4.51. The first-order valence-corrected chi connectivity index (χ1v) is 7.07. The predicted octanol–water partition coefficient (Wildman–Crippen LogP) is 2.80. The Hall–Kier alpha value is -1.94. The second-order valence-electron chi connectivity index (χ2n) is 5.42. The van der Waals surface area contributed by atoms with Gasteiger partial charge in [-0.1, -0.05) is 12.1 Å². The van der Waals surface area contributed by atoms with E-state index >= 15 is 0 Å². The van der Waals surface area contributed by atoms with Crippen molar-refractivity contribution < 1.29 is 0 Å². The van der Waals surface area contributed by atoms with Crippen LogP contribution in [0, 0.1) is 6.92 Å². The fourth-order valence-electron chi connectivity index (χ4n) is 2.12. The van der Waals surface area contributed by atoms with Gasteiger partial charge in [-0.05, 0) is 37.5 Å². The van der Waals surface area contributed by atoms with E-state index in [2.05, 4.69) is 51.4 Å². The highest BCUT2D eigenvalue weighted by Gasteiger charge is 2.20. The largest absolute Gasteiger partial charge is 0.328 e. The van der Waals surface area contributed by atoms with Gasteiger partial charge in [-0.2, -0.15) is 0 Å². The number of hydrogen-bond acceptors (Lipinski definition) is 4. The molecule has 4 nitrogen and oxygen atoms in total. The topological polar surface area (TPSA) is 41.1 Å². The second-order valence-corrected chi connectivity index (χ2v) is 5.42. The summed E-state index contributed by atoms with van der Waals surface area (Å²) in [4.78, 5) is 11.0. The lowest BCUT2D eigenvalue weighted by Crippen LogP contribution is -2.17. The van der Waals surface area contributed by atoms with Crippen LogP contribution in [0.15, 0.2) is 36.7 Å². The Morgan fingerprint density at radius 2 is 2.10 bits per heavy atom. The lowest BCUT2D eigenvalue weighted by molar-refractivity contribution is 0.671. The number of rotatable bonds is 5. The molecule has 1 N–H and O–H groups in total. The Morgan fingerprint density at radius 3 is 2.75 bits per heavy atom. The van der Waals surface area contributed by atoms with Crippen LogP contribution < -0.4 is 10.2 Å². The summed E-state index contributed by atoms with van der Waals surface area (Å²) in [6, 6.07) is 9.08. The lowest BCUT2D eigenvalue weighted by Gasteiger charge is -2.18. The average molecular weight is 268 g/mol. The van der Waals surface area contributed by atoms with Crippen LogP contribution >= 0.6 is 0 Å². The summed E-state index contributed by atoms with van der Waals surface area (Å²) in [6.45, 7) is 2.90. The third-order valence-corrected chi connectivity index (χ3v) is 3.57. The lowest BCUT2D eigenvalue weighted by atomic mass is 10.2. The van der Waals surface area contributed by atoms with E-state index < -0.39 is 0 Å². The normalized spacial score (nSPS) is 14.3. The standard InChI is InChI=1S/C16H20N4/c1-12-4-3-5-15(8-12)20(2)16-11-18-14(10-19-16)9-17-13-6-7-13/h3-5,8,10-11,13,17H,6-7,9H2,1-2H3. The third-order valence-electron chi connectivity index (χ3n) is 3.57. The van der Waals surface area contributed by atoms with Crippen molar-refractivity contribution in [3.63, 3.8) is 0 Å². The molecule has 1 aromatic carbocycles. The Kier molecular flexibility index (Phi) is 3.65. The van der Waals surface area contributed by atoms with Gasteiger partial charge in [0.1, 0.15) is 0 Å². The van der Waals surface area contributed by atoms with Gasteiger partial charge in [0.2, 0.25) is 0 Å². The third kappa shape index (κ3) is 3.14. The smallest absolute Gasteiger partial charge is 0.151 e. The van der Waals surface area contributed by atoms with Crippen molar-refractivity contribution in [1.29, 1.82) is 0 Å². The number of aryl methyl sites for hydroxylation is 1. The zero-order valence-electron chi connectivity index (χ0n) is 12.0. The quantitative estimate of drug-likeness (QED) is 0.905. The van der Waals surface area contributed by atoms with E-state index in [-0.39, 0.29) is 0 Å². The molecule has 0 saturated heterocycles.